The third-order valence-corrected chi connectivity index (χ3v) is 3.76. The highest BCUT2D eigenvalue weighted by molar-refractivity contribution is 5.93. The molecule has 0 aliphatic carbocycles. The van der Waals surface area contributed by atoms with E-state index in [1.165, 1.54) is 55.2 Å². The first kappa shape index (κ1) is 17.3. The number of fused-ring (bicyclic) bond motifs is 1. The number of hydrogen-bond donors (Lipinski definition) is 1. The van der Waals surface area contributed by atoms with Gasteiger partial charge in [0.1, 0.15) is 17.2 Å². The largest absolute Gasteiger partial charge is 0.484 e. The maximum absolute atomic E-state index is 12.8. The maximum atomic E-state index is 12.8. The van der Waals surface area contributed by atoms with Gasteiger partial charge in [-0.3, -0.25) is 18.7 Å². The summed E-state index contributed by atoms with van der Waals surface area (Å²) in [4.78, 5) is 40.2. The van der Waals surface area contributed by atoms with Gasteiger partial charge in [0.2, 0.25) is 0 Å². The number of anilines is 1. The molecule has 0 atom stereocenters. The summed E-state index contributed by atoms with van der Waals surface area (Å²) < 4.78 is 20.3. The summed E-state index contributed by atoms with van der Waals surface area (Å²) in [6.07, 6.45) is 1.34. The molecule has 26 heavy (non-hydrogen) atoms. The number of ether oxygens (including phenoxy) is 1. The summed E-state index contributed by atoms with van der Waals surface area (Å²) in [6, 6.07) is 6.70. The number of amides is 1. The van der Waals surface area contributed by atoms with Gasteiger partial charge in [-0.2, -0.15) is 0 Å². The van der Waals surface area contributed by atoms with E-state index in [4.69, 9.17) is 4.74 Å². The van der Waals surface area contributed by atoms with Crippen molar-refractivity contribution < 1.29 is 13.9 Å². The molecule has 2 heterocycles. The lowest BCUT2D eigenvalue weighted by Gasteiger charge is -2.10. The molecule has 2 aromatic heterocycles. The van der Waals surface area contributed by atoms with E-state index in [1.807, 2.05) is 0 Å². The molecule has 1 aromatic carbocycles. The second-order valence-corrected chi connectivity index (χ2v) is 5.59. The van der Waals surface area contributed by atoms with Crippen LogP contribution in [-0.4, -0.2) is 26.6 Å². The predicted octanol–water partition coefficient (Wildman–Crippen LogP) is 0.789. The number of hydrogen-bond acceptors (Lipinski definition) is 5. The van der Waals surface area contributed by atoms with Crippen molar-refractivity contribution in [2.45, 2.75) is 0 Å². The average Bonchev–Trinajstić information content (AvgIpc) is 2.64. The minimum atomic E-state index is -0.505. The molecule has 0 fully saturated rings. The lowest BCUT2D eigenvalue weighted by molar-refractivity contribution is -0.118. The van der Waals surface area contributed by atoms with Gasteiger partial charge >= 0.3 is 5.69 Å². The van der Waals surface area contributed by atoms with E-state index in [0.29, 0.717) is 11.4 Å². The summed E-state index contributed by atoms with van der Waals surface area (Å²) in [5.74, 6) is -0.529. The van der Waals surface area contributed by atoms with E-state index in [-0.39, 0.29) is 17.6 Å². The van der Waals surface area contributed by atoms with Crippen LogP contribution in [0.2, 0.25) is 0 Å². The number of rotatable bonds is 4. The number of aryl methyl sites for hydroxylation is 1. The van der Waals surface area contributed by atoms with Gasteiger partial charge in [0.05, 0.1) is 17.3 Å². The molecular weight excluding hydrogens is 343 g/mol. The molecule has 0 aliphatic heterocycles. The van der Waals surface area contributed by atoms with Crippen LogP contribution in [0.25, 0.3) is 11.0 Å². The number of nitrogens with one attached hydrogen (secondary N) is 1. The number of pyridine rings is 1. The van der Waals surface area contributed by atoms with Crippen LogP contribution >= 0.6 is 0 Å². The number of nitrogens with zero attached hydrogens (tertiary/aromatic N) is 3. The quantitative estimate of drug-likeness (QED) is 0.744. The van der Waals surface area contributed by atoms with E-state index < -0.39 is 23.0 Å². The predicted molar refractivity (Wildman–Crippen MR) is 92.7 cm³/mol. The topological polar surface area (TPSA) is 95.2 Å². The molecule has 1 amide bonds. The van der Waals surface area contributed by atoms with Gasteiger partial charge in [0.25, 0.3) is 11.5 Å². The Morgan fingerprint density at radius 2 is 1.88 bits per heavy atom. The third-order valence-electron chi connectivity index (χ3n) is 3.76. The molecule has 0 radical (unpaired) electrons. The molecule has 0 unspecified atom stereocenters. The van der Waals surface area contributed by atoms with Crippen molar-refractivity contribution in [3.8, 4) is 5.75 Å². The number of halogens is 1. The molecule has 3 aromatic rings. The minimum absolute atomic E-state index is 0.201. The van der Waals surface area contributed by atoms with Crippen molar-refractivity contribution in [3.63, 3.8) is 0 Å². The fraction of sp³-hybridized carbons (Fsp3) is 0.176. The zero-order valence-electron chi connectivity index (χ0n) is 14.0. The lowest BCUT2D eigenvalue weighted by atomic mass is 10.3. The van der Waals surface area contributed by atoms with Crippen molar-refractivity contribution in [1.82, 2.24) is 14.1 Å². The monoisotopic (exact) mass is 358 g/mol. The smallest absolute Gasteiger partial charge is 0.332 e. The first-order valence-corrected chi connectivity index (χ1v) is 7.61. The van der Waals surface area contributed by atoms with E-state index in [0.717, 1.165) is 4.57 Å². The normalized spacial score (nSPS) is 10.7. The van der Waals surface area contributed by atoms with Crippen LogP contribution in [-0.2, 0) is 18.9 Å². The zero-order valence-corrected chi connectivity index (χ0v) is 14.0. The SMILES string of the molecule is Cn1c(=O)c2cc(NC(=O)COc3ccc(F)cc3)cnc2n(C)c1=O. The summed E-state index contributed by atoms with van der Waals surface area (Å²) >= 11 is 0. The van der Waals surface area contributed by atoms with Crippen LogP contribution in [0.15, 0.2) is 46.1 Å². The molecule has 3 rings (SSSR count). The van der Waals surface area contributed by atoms with Crippen LogP contribution in [0.3, 0.4) is 0 Å². The number of aromatic nitrogens is 3. The Morgan fingerprint density at radius 1 is 1.19 bits per heavy atom. The lowest BCUT2D eigenvalue weighted by Crippen LogP contribution is -2.37. The van der Waals surface area contributed by atoms with Crippen LogP contribution in [0.5, 0.6) is 5.75 Å². The Morgan fingerprint density at radius 3 is 2.58 bits per heavy atom. The molecule has 8 nitrogen and oxygen atoms in total. The summed E-state index contributed by atoms with van der Waals surface area (Å²) in [5, 5.41) is 2.76. The Labute approximate surface area is 146 Å². The molecular formula is C17H15FN4O4. The Hall–Kier alpha value is -3.49. The second kappa shape index (κ2) is 6.79. The first-order valence-electron chi connectivity index (χ1n) is 7.61. The minimum Gasteiger partial charge on any atom is -0.484 e. The number of benzene rings is 1. The zero-order chi connectivity index (χ0) is 18.8. The molecule has 0 saturated heterocycles. The Bertz CT molecular complexity index is 1100. The van der Waals surface area contributed by atoms with Gasteiger partial charge in [-0.05, 0) is 30.3 Å². The second-order valence-electron chi connectivity index (χ2n) is 5.59. The van der Waals surface area contributed by atoms with Crippen molar-refractivity contribution in [1.29, 1.82) is 0 Å². The molecule has 0 aliphatic rings. The van der Waals surface area contributed by atoms with E-state index in [2.05, 4.69) is 10.3 Å². The van der Waals surface area contributed by atoms with Crippen LogP contribution < -0.4 is 21.3 Å². The molecule has 9 heteroatoms. The molecule has 0 bridgehead atoms. The van der Waals surface area contributed by atoms with E-state index >= 15 is 0 Å². The first-order chi connectivity index (χ1) is 12.4. The number of carbonyl (C=O) groups is 1. The van der Waals surface area contributed by atoms with Crippen molar-refractivity contribution >= 4 is 22.6 Å². The highest BCUT2D eigenvalue weighted by Gasteiger charge is 2.11. The molecule has 1 N–H and O–H groups in total. The van der Waals surface area contributed by atoms with Gasteiger partial charge in [0, 0.05) is 14.1 Å². The fourth-order valence-corrected chi connectivity index (χ4v) is 2.41. The average molecular weight is 358 g/mol. The van der Waals surface area contributed by atoms with Gasteiger partial charge in [-0.25, -0.2) is 14.2 Å². The van der Waals surface area contributed by atoms with Gasteiger partial charge < -0.3 is 10.1 Å². The molecule has 0 saturated carbocycles. The summed E-state index contributed by atoms with van der Waals surface area (Å²) in [6.45, 7) is -0.297. The molecule has 0 spiro atoms. The van der Waals surface area contributed by atoms with Crippen LogP contribution in [0.4, 0.5) is 10.1 Å². The van der Waals surface area contributed by atoms with E-state index in [1.54, 1.807) is 0 Å². The summed E-state index contributed by atoms with van der Waals surface area (Å²) in [7, 11) is 2.87. The molecule has 134 valence electrons. The fourth-order valence-electron chi connectivity index (χ4n) is 2.41. The summed E-state index contributed by atoms with van der Waals surface area (Å²) in [5.41, 5.74) is -0.478. The van der Waals surface area contributed by atoms with Gasteiger partial charge in [-0.15, -0.1) is 0 Å². The Kier molecular flexibility index (Phi) is 4.53. The van der Waals surface area contributed by atoms with Gasteiger partial charge in [0.15, 0.2) is 6.61 Å². The maximum Gasteiger partial charge on any atom is 0.332 e. The van der Waals surface area contributed by atoms with Crippen molar-refractivity contribution in [3.05, 3.63) is 63.2 Å². The van der Waals surface area contributed by atoms with Crippen molar-refractivity contribution in [2.24, 2.45) is 14.1 Å². The van der Waals surface area contributed by atoms with Crippen molar-refractivity contribution in [2.75, 3.05) is 11.9 Å². The number of carbonyl (C=O) groups excluding carboxylic acids is 1. The van der Waals surface area contributed by atoms with Crippen LogP contribution in [0.1, 0.15) is 0 Å². The van der Waals surface area contributed by atoms with E-state index in [9.17, 15) is 18.8 Å². The van der Waals surface area contributed by atoms with Crippen LogP contribution in [0, 0.1) is 5.82 Å². The third kappa shape index (κ3) is 3.32. The Balaban J connectivity index is 1.78. The highest BCUT2D eigenvalue weighted by Crippen LogP contribution is 2.13. The highest BCUT2D eigenvalue weighted by atomic mass is 19.1. The van der Waals surface area contributed by atoms with Gasteiger partial charge in [-0.1, -0.05) is 0 Å². The standard InChI is InChI=1S/C17H15FN4O4/c1-21-15-13(16(24)22(2)17(21)25)7-11(8-19-15)20-14(23)9-26-12-5-3-10(18)4-6-12/h3-8H,9H2,1-2H3,(H,20,23).